The van der Waals surface area contributed by atoms with E-state index in [1.807, 2.05) is 0 Å². The molecule has 1 aliphatic carbocycles. The highest BCUT2D eigenvalue weighted by Crippen LogP contribution is 2.40. The highest BCUT2D eigenvalue weighted by Gasteiger charge is 2.38. The molecule has 1 unspecified atom stereocenters. The van der Waals surface area contributed by atoms with E-state index < -0.39 is 39.0 Å². The van der Waals surface area contributed by atoms with Crippen LogP contribution in [0.5, 0.6) is 5.75 Å². The van der Waals surface area contributed by atoms with Gasteiger partial charge in [0.05, 0.1) is 16.8 Å². The zero-order valence-corrected chi connectivity index (χ0v) is 11.1. The molecule has 3 nitrogen and oxygen atoms in total. The topological polar surface area (TPSA) is 32.7 Å². The van der Waals surface area contributed by atoms with Crippen LogP contribution in [0.25, 0.3) is 0 Å². The molecule has 1 aliphatic rings. The van der Waals surface area contributed by atoms with Gasteiger partial charge in [0.15, 0.2) is 0 Å². The third kappa shape index (κ3) is 3.53. The summed E-state index contributed by atoms with van der Waals surface area (Å²) in [5.74, 6) is -2.86. The van der Waals surface area contributed by atoms with Crippen LogP contribution in [0.1, 0.15) is 60.0 Å². The molecule has 0 aliphatic heterocycles. The van der Waals surface area contributed by atoms with Crippen molar-refractivity contribution in [1.82, 2.24) is 4.90 Å². The Bertz CT molecular complexity index is 767. The maximum atomic E-state index is 11.5. The van der Waals surface area contributed by atoms with E-state index in [9.17, 15) is 6.48 Å². The quantitative estimate of drug-likeness (QED) is 0.904. The third-order valence-electron chi connectivity index (χ3n) is 3.63. The molecule has 1 N–H and O–H groups in total. The molecule has 1 aromatic carbocycles. The fourth-order valence-corrected chi connectivity index (χ4v) is 2.63. The van der Waals surface area contributed by atoms with Gasteiger partial charge in [-0.15, -0.1) is 0 Å². The standard InChI is InChI=1S/C17H27NO2/c1-18(2)13-16(17(19)11-5-4-6-12-17)14-7-9-15(20-3)10-8-14/h7-10,16,19H,4-6,11-13H2,1-3H3/i1D3,2D3,3D3,13D2,16D. The summed E-state index contributed by atoms with van der Waals surface area (Å²) < 4.78 is 98.8. The lowest BCUT2D eigenvalue weighted by molar-refractivity contribution is -0.0277. The second-order valence-electron chi connectivity index (χ2n) is 5.04. The Balaban J connectivity index is 2.72. The van der Waals surface area contributed by atoms with Gasteiger partial charge in [-0.05, 0) is 44.5 Å². The summed E-state index contributed by atoms with van der Waals surface area (Å²) in [5, 5.41) is 11.5. The van der Waals surface area contributed by atoms with Gasteiger partial charge in [-0.1, -0.05) is 31.4 Å². The molecular formula is C17H27NO2. The lowest BCUT2D eigenvalue weighted by Crippen LogP contribution is -2.42. The average molecular weight is 289 g/mol. The molecule has 112 valence electrons. The number of likely N-dealkylation sites (N-methyl/N-ethyl adjacent to an activating group) is 1. The average Bonchev–Trinajstić information content (AvgIpc) is 2.57. The van der Waals surface area contributed by atoms with Crippen molar-refractivity contribution >= 4 is 0 Å². The summed E-state index contributed by atoms with van der Waals surface area (Å²) >= 11 is 0. The molecular weight excluding hydrogens is 250 g/mol. The van der Waals surface area contributed by atoms with Gasteiger partial charge >= 0.3 is 0 Å². The Hall–Kier alpha value is -1.06. The number of rotatable bonds is 5. The zero-order valence-electron chi connectivity index (χ0n) is 23.1. The first kappa shape index (κ1) is 5.98. The predicted octanol–water partition coefficient (Wildman–Crippen LogP) is 3.04. The van der Waals surface area contributed by atoms with Crippen molar-refractivity contribution in [3.63, 3.8) is 0 Å². The van der Waals surface area contributed by atoms with E-state index in [0.717, 1.165) is 30.7 Å². The van der Waals surface area contributed by atoms with Crippen LogP contribution in [0.3, 0.4) is 0 Å². The Morgan fingerprint density at radius 1 is 1.35 bits per heavy atom. The van der Waals surface area contributed by atoms with Gasteiger partial charge in [0.25, 0.3) is 0 Å². The first-order valence-corrected chi connectivity index (χ1v) is 6.58. The van der Waals surface area contributed by atoms with E-state index in [1.54, 1.807) is 0 Å². The summed E-state index contributed by atoms with van der Waals surface area (Å²) in [5.41, 5.74) is -2.29. The Kier molecular flexibility index (Phi) is 1.97. The number of aliphatic hydroxyl groups is 1. The van der Waals surface area contributed by atoms with Crippen molar-refractivity contribution in [2.45, 2.75) is 43.6 Å². The molecule has 2 rings (SSSR count). The second-order valence-corrected chi connectivity index (χ2v) is 5.04. The van der Waals surface area contributed by atoms with Crippen LogP contribution in [0, 0.1) is 0 Å². The molecule has 0 saturated heterocycles. The van der Waals surface area contributed by atoms with Crippen LogP contribution < -0.4 is 4.74 Å². The Morgan fingerprint density at radius 2 is 2.05 bits per heavy atom. The fourth-order valence-electron chi connectivity index (χ4n) is 2.63. The molecule has 0 heterocycles. The van der Waals surface area contributed by atoms with Crippen LogP contribution in [0.15, 0.2) is 24.3 Å². The molecule has 0 spiro atoms. The lowest BCUT2D eigenvalue weighted by atomic mass is 9.72. The van der Waals surface area contributed by atoms with Crippen molar-refractivity contribution in [3.8, 4) is 5.75 Å². The molecule has 0 aromatic heterocycles. The second kappa shape index (κ2) is 6.59. The molecule has 3 heteroatoms. The van der Waals surface area contributed by atoms with Crippen molar-refractivity contribution in [2.75, 3.05) is 27.5 Å². The Morgan fingerprint density at radius 3 is 2.65 bits per heavy atom. The number of nitrogens with zero attached hydrogens (tertiary/aromatic N) is 1. The fraction of sp³-hybridized carbons (Fsp3) is 0.647. The van der Waals surface area contributed by atoms with Gasteiger partial charge in [0.1, 0.15) is 5.75 Å². The molecule has 1 fully saturated rings. The summed E-state index contributed by atoms with van der Waals surface area (Å²) in [4.78, 5) is -0.320. The molecule has 20 heavy (non-hydrogen) atoms. The molecule has 1 atom stereocenters. The summed E-state index contributed by atoms with van der Waals surface area (Å²) in [6.07, 6.45) is 1.51. The maximum absolute atomic E-state index is 11.5. The van der Waals surface area contributed by atoms with E-state index in [-0.39, 0.29) is 29.1 Å². The highest BCUT2D eigenvalue weighted by molar-refractivity contribution is 5.31. The minimum atomic E-state index is -3.45. The van der Waals surface area contributed by atoms with Gasteiger partial charge in [-0.25, -0.2) is 0 Å². The predicted molar refractivity (Wildman–Crippen MR) is 82.3 cm³/mol. The molecule has 0 amide bonds. The number of hydrogen-bond acceptors (Lipinski definition) is 3. The number of hydrogen-bond donors (Lipinski definition) is 1. The molecule has 0 radical (unpaired) electrons. The number of ether oxygens (including phenoxy) is 1. The van der Waals surface area contributed by atoms with E-state index in [0.29, 0.717) is 12.8 Å². The maximum Gasteiger partial charge on any atom is 0.118 e. The van der Waals surface area contributed by atoms with Crippen molar-refractivity contribution in [1.29, 1.82) is 0 Å². The summed E-state index contributed by atoms with van der Waals surface area (Å²) in [7, 11) is -2.75. The van der Waals surface area contributed by atoms with Crippen LogP contribution >= 0.6 is 0 Å². The molecule has 1 saturated carbocycles. The van der Waals surface area contributed by atoms with Gasteiger partial charge in [-0.3, -0.25) is 0 Å². The summed E-state index contributed by atoms with van der Waals surface area (Å²) in [6, 6.07) is 4.61. The van der Waals surface area contributed by atoms with E-state index in [4.69, 9.17) is 19.8 Å². The van der Waals surface area contributed by atoms with Crippen molar-refractivity contribution in [3.05, 3.63) is 29.8 Å². The van der Waals surface area contributed by atoms with Crippen LogP contribution in [0.4, 0.5) is 0 Å². The Labute approximate surface area is 139 Å². The normalized spacial score (nSPS) is 32.9. The van der Waals surface area contributed by atoms with Gasteiger partial charge in [0.2, 0.25) is 0 Å². The van der Waals surface area contributed by atoms with Crippen LogP contribution in [-0.4, -0.2) is 43.1 Å². The van der Waals surface area contributed by atoms with Crippen molar-refractivity contribution in [2.24, 2.45) is 0 Å². The zero-order chi connectivity index (χ0) is 24.8. The number of benzene rings is 1. The molecule has 1 aromatic rings. The first-order chi connectivity index (χ1) is 14.3. The first-order valence-electron chi connectivity index (χ1n) is 12.6. The molecule has 0 bridgehead atoms. The lowest BCUT2D eigenvalue weighted by Gasteiger charge is -2.40. The van der Waals surface area contributed by atoms with Gasteiger partial charge < -0.3 is 14.7 Å². The monoisotopic (exact) mass is 289 g/mol. The minimum absolute atomic E-state index is 0.0423. The third-order valence-corrected chi connectivity index (χ3v) is 3.63. The highest BCUT2D eigenvalue weighted by atomic mass is 16.5. The van der Waals surface area contributed by atoms with Gasteiger partial charge in [-0.2, -0.15) is 0 Å². The van der Waals surface area contributed by atoms with E-state index in [2.05, 4.69) is 0 Å². The number of methoxy groups -OCH3 is 1. The SMILES string of the molecule is [2H]C([2H])([2H])Oc1ccc(C([2H])(C2(O)CCCCC2)C([2H])([2H])N(C([2H])([2H])[2H])C([2H])([2H])[2H])cc1. The van der Waals surface area contributed by atoms with Crippen LogP contribution in [0.2, 0.25) is 0 Å². The van der Waals surface area contributed by atoms with E-state index in [1.165, 1.54) is 0 Å². The smallest absolute Gasteiger partial charge is 0.118 e. The van der Waals surface area contributed by atoms with E-state index >= 15 is 0 Å². The van der Waals surface area contributed by atoms with Gasteiger partial charge in [0, 0.05) is 24.7 Å². The minimum Gasteiger partial charge on any atom is -0.497 e. The van der Waals surface area contributed by atoms with Crippen molar-refractivity contribution < 1.29 is 26.3 Å². The largest absolute Gasteiger partial charge is 0.497 e. The summed E-state index contributed by atoms with van der Waals surface area (Å²) in [6.45, 7) is -10.3. The van der Waals surface area contributed by atoms with Crippen LogP contribution in [-0.2, 0) is 0 Å².